The van der Waals surface area contributed by atoms with E-state index in [1.807, 2.05) is 0 Å². The minimum atomic E-state index is -0.199. The largest absolute Gasteiger partial charge is 0.393 e. The van der Waals surface area contributed by atoms with Crippen LogP contribution < -0.4 is 0 Å². The van der Waals surface area contributed by atoms with Gasteiger partial charge in [0.2, 0.25) is 0 Å². The molecule has 0 spiro atoms. The second-order valence-corrected chi connectivity index (χ2v) is 5.28. The molecule has 0 aromatic rings. The molecule has 0 aliphatic rings. The van der Waals surface area contributed by atoms with Crippen LogP contribution in [0.5, 0.6) is 0 Å². The zero-order valence-corrected chi connectivity index (χ0v) is 9.51. The molecule has 0 heterocycles. The molecule has 0 aliphatic heterocycles. The zero-order chi connectivity index (χ0) is 10.5. The molecule has 1 nitrogen and oxygen atoms in total. The Kier molecular flexibility index (Phi) is 5.31. The Morgan fingerprint density at radius 3 is 2.31 bits per heavy atom. The van der Waals surface area contributed by atoms with E-state index in [2.05, 4.69) is 34.3 Å². The summed E-state index contributed by atoms with van der Waals surface area (Å²) in [4.78, 5) is 0. The van der Waals surface area contributed by atoms with E-state index in [1.54, 1.807) is 6.08 Å². The predicted octanol–water partition coefficient (Wildman–Crippen LogP) is 3.39. The van der Waals surface area contributed by atoms with Gasteiger partial charge in [-0.2, -0.15) is 0 Å². The van der Waals surface area contributed by atoms with Crippen LogP contribution in [0.1, 0.15) is 47.0 Å². The number of aliphatic hydroxyl groups excluding tert-OH is 1. The third-order valence-electron chi connectivity index (χ3n) is 2.07. The zero-order valence-electron chi connectivity index (χ0n) is 9.51. The summed E-state index contributed by atoms with van der Waals surface area (Å²) in [5.74, 6) is 0.593. The maximum absolute atomic E-state index is 9.55. The molecular weight excluding hydrogens is 160 g/mol. The van der Waals surface area contributed by atoms with Crippen molar-refractivity contribution < 1.29 is 5.11 Å². The number of hydrogen-bond donors (Lipinski definition) is 1. The van der Waals surface area contributed by atoms with E-state index in [0.717, 1.165) is 6.42 Å². The monoisotopic (exact) mass is 184 g/mol. The maximum Gasteiger partial charge on any atom is 0.0577 e. The molecule has 0 aliphatic carbocycles. The minimum absolute atomic E-state index is 0.199. The number of aliphatic hydroxyl groups is 1. The van der Waals surface area contributed by atoms with Crippen molar-refractivity contribution in [3.8, 4) is 0 Å². The van der Waals surface area contributed by atoms with Gasteiger partial charge in [-0.05, 0) is 30.6 Å². The smallest absolute Gasteiger partial charge is 0.0577 e. The van der Waals surface area contributed by atoms with Crippen molar-refractivity contribution in [2.75, 3.05) is 0 Å². The third kappa shape index (κ3) is 8.04. The van der Waals surface area contributed by atoms with Crippen molar-refractivity contribution in [3.05, 3.63) is 12.7 Å². The second kappa shape index (κ2) is 5.43. The van der Waals surface area contributed by atoms with Crippen LogP contribution in [0, 0.1) is 11.3 Å². The second-order valence-electron chi connectivity index (χ2n) is 5.28. The molecule has 1 N–H and O–H groups in total. The molecular formula is C12H24O. The van der Waals surface area contributed by atoms with Crippen molar-refractivity contribution in [1.29, 1.82) is 0 Å². The highest BCUT2D eigenvalue weighted by molar-refractivity contribution is 4.75. The molecule has 2 atom stereocenters. The molecule has 0 saturated heterocycles. The summed E-state index contributed by atoms with van der Waals surface area (Å²) in [6.07, 6.45) is 4.36. The third-order valence-corrected chi connectivity index (χ3v) is 2.07. The van der Waals surface area contributed by atoms with Crippen LogP contribution in [-0.4, -0.2) is 11.2 Å². The van der Waals surface area contributed by atoms with Crippen molar-refractivity contribution >= 4 is 0 Å². The molecule has 0 bridgehead atoms. The van der Waals surface area contributed by atoms with E-state index in [-0.39, 0.29) is 6.10 Å². The topological polar surface area (TPSA) is 20.2 Å². The van der Waals surface area contributed by atoms with Crippen LogP contribution in [0.25, 0.3) is 0 Å². The molecule has 0 aromatic carbocycles. The van der Waals surface area contributed by atoms with Gasteiger partial charge >= 0.3 is 0 Å². The summed E-state index contributed by atoms with van der Waals surface area (Å²) in [7, 11) is 0. The summed E-state index contributed by atoms with van der Waals surface area (Å²) in [5.41, 5.74) is 0.368. The van der Waals surface area contributed by atoms with Crippen LogP contribution in [0.4, 0.5) is 0 Å². The van der Waals surface area contributed by atoms with Crippen molar-refractivity contribution in [2.45, 2.75) is 53.1 Å². The average molecular weight is 184 g/mol. The van der Waals surface area contributed by atoms with Gasteiger partial charge in [-0.1, -0.05) is 33.8 Å². The van der Waals surface area contributed by atoms with Gasteiger partial charge in [0.15, 0.2) is 0 Å². The van der Waals surface area contributed by atoms with Gasteiger partial charge in [-0.15, -0.1) is 6.58 Å². The van der Waals surface area contributed by atoms with Gasteiger partial charge in [-0.3, -0.25) is 0 Å². The van der Waals surface area contributed by atoms with E-state index in [1.165, 1.54) is 6.42 Å². The first-order chi connectivity index (χ1) is 5.85. The Morgan fingerprint density at radius 2 is 1.92 bits per heavy atom. The Hall–Kier alpha value is -0.300. The molecule has 0 saturated carbocycles. The molecule has 13 heavy (non-hydrogen) atoms. The molecule has 0 rings (SSSR count). The highest BCUT2D eigenvalue weighted by atomic mass is 16.3. The Labute approximate surface area is 82.9 Å². The lowest BCUT2D eigenvalue weighted by molar-refractivity contribution is 0.135. The fourth-order valence-electron chi connectivity index (χ4n) is 1.88. The summed E-state index contributed by atoms with van der Waals surface area (Å²) in [5, 5.41) is 9.55. The lowest BCUT2D eigenvalue weighted by Crippen LogP contribution is -2.16. The molecule has 2 unspecified atom stereocenters. The lowest BCUT2D eigenvalue weighted by Gasteiger charge is -2.24. The number of hydrogen-bond acceptors (Lipinski definition) is 1. The summed E-state index contributed by atoms with van der Waals surface area (Å²) in [6.45, 7) is 12.5. The van der Waals surface area contributed by atoms with Gasteiger partial charge in [-0.25, -0.2) is 0 Å². The van der Waals surface area contributed by atoms with Crippen LogP contribution in [0.15, 0.2) is 12.7 Å². The first-order valence-corrected chi connectivity index (χ1v) is 5.14. The van der Waals surface area contributed by atoms with Crippen LogP contribution in [-0.2, 0) is 0 Å². The summed E-state index contributed by atoms with van der Waals surface area (Å²) >= 11 is 0. The van der Waals surface area contributed by atoms with Crippen molar-refractivity contribution in [3.63, 3.8) is 0 Å². The van der Waals surface area contributed by atoms with Crippen molar-refractivity contribution in [2.24, 2.45) is 11.3 Å². The highest BCUT2D eigenvalue weighted by Crippen LogP contribution is 2.27. The van der Waals surface area contributed by atoms with E-state index >= 15 is 0 Å². The van der Waals surface area contributed by atoms with E-state index in [4.69, 9.17) is 0 Å². The number of rotatable bonds is 5. The molecule has 0 radical (unpaired) electrons. The standard InChI is InChI=1S/C12H24O/c1-6-7-11(13)8-10(2)9-12(3,4)5/h6,10-11,13H,1,7-9H2,2-5H3. The fourth-order valence-corrected chi connectivity index (χ4v) is 1.88. The van der Waals surface area contributed by atoms with Gasteiger partial charge in [0.25, 0.3) is 0 Å². The molecule has 1 heteroatoms. The summed E-state index contributed by atoms with van der Waals surface area (Å²) < 4.78 is 0. The fraction of sp³-hybridized carbons (Fsp3) is 0.833. The lowest BCUT2D eigenvalue weighted by atomic mass is 9.83. The Bertz CT molecular complexity index is 144. The average Bonchev–Trinajstić information content (AvgIpc) is 1.81. The first kappa shape index (κ1) is 12.7. The quantitative estimate of drug-likeness (QED) is 0.649. The molecule has 0 amide bonds. The Morgan fingerprint density at radius 1 is 1.38 bits per heavy atom. The minimum Gasteiger partial charge on any atom is -0.393 e. The van der Waals surface area contributed by atoms with Crippen LogP contribution in [0.2, 0.25) is 0 Å². The SMILES string of the molecule is C=CCC(O)CC(C)CC(C)(C)C. The van der Waals surface area contributed by atoms with Gasteiger partial charge in [0, 0.05) is 0 Å². The summed E-state index contributed by atoms with van der Waals surface area (Å²) in [6, 6.07) is 0. The highest BCUT2D eigenvalue weighted by Gasteiger charge is 2.17. The van der Waals surface area contributed by atoms with Gasteiger partial charge < -0.3 is 5.11 Å². The molecule has 0 fully saturated rings. The maximum atomic E-state index is 9.55. The molecule has 0 aromatic heterocycles. The van der Waals surface area contributed by atoms with E-state index in [9.17, 15) is 5.11 Å². The van der Waals surface area contributed by atoms with Gasteiger partial charge in [0.05, 0.1) is 6.10 Å². The Balaban J connectivity index is 3.73. The van der Waals surface area contributed by atoms with E-state index < -0.39 is 0 Å². The van der Waals surface area contributed by atoms with Gasteiger partial charge in [0.1, 0.15) is 0 Å². The van der Waals surface area contributed by atoms with Crippen LogP contribution >= 0.6 is 0 Å². The first-order valence-electron chi connectivity index (χ1n) is 5.14. The van der Waals surface area contributed by atoms with Crippen LogP contribution in [0.3, 0.4) is 0 Å². The van der Waals surface area contributed by atoms with Crippen molar-refractivity contribution in [1.82, 2.24) is 0 Å². The normalized spacial score (nSPS) is 16.7. The van der Waals surface area contributed by atoms with E-state index in [0.29, 0.717) is 17.8 Å². The molecule has 78 valence electrons. The predicted molar refractivity (Wildman–Crippen MR) is 58.7 cm³/mol.